The number of thiazole rings is 1. The Hall–Kier alpha value is -2.58. The van der Waals surface area contributed by atoms with Crippen molar-refractivity contribution in [2.45, 2.75) is 37.8 Å². The van der Waals surface area contributed by atoms with Gasteiger partial charge < -0.3 is 19.1 Å². The molecule has 3 aliphatic rings. The summed E-state index contributed by atoms with van der Waals surface area (Å²) >= 11 is 1.55. The van der Waals surface area contributed by atoms with E-state index in [0.717, 1.165) is 74.1 Å². The molecule has 4 heterocycles. The zero-order valence-electron chi connectivity index (χ0n) is 17.4. The fourth-order valence-corrected chi connectivity index (χ4v) is 5.06. The van der Waals surface area contributed by atoms with Gasteiger partial charge in [0.25, 0.3) is 5.19 Å². The van der Waals surface area contributed by atoms with Crippen molar-refractivity contribution in [3.05, 3.63) is 41.4 Å². The van der Waals surface area contributed by atoms with Crippen LogP contribution in [0.2, 0.25) is 0 Å². The van der Waals surface area contributed by atoms with Crippen LogP contribution in [0.15, 0.2) is 35.9 Å². The fraction of sp³-hybridized carbons (Fsp3) is 0.478. The summed E-state index contributed by atoms with van der Waals surface area (Å²) in [7, 11) is 0. The van der Waals surface area contributed by atoms with Crippen LogP contribution in [-0.2, 0) is 4.79 Å². The number of fused-ring (bicyclic) bond motifs is 1. The van der Waals surface area contributed by atoms with Crippen molar-refractivity contribution in [1.82, 2.24) is 14.8 Å². The van der Waals surface area contributed by atoms with E-state index < -0.39 is 0 Å². The molecule has 0 unspecified atom stereocenters. The van der Waals surface area contributed by atoms with Crippen LogP contribution in [0.4, 0.5) is 0 Å². The minimum atomic E-state index is 0.0756. The van der Waals surface area contributed by atoms with E-state index in [4.69, 9.17) is 14.2 Å². The highest BCUT2D eigenvalue weighted by Crippen LogP contribution is 2.33. The van der Waals surface area contributed by atoms with E-state index in [-0.39, 0.29) is 18.8 Å². The number of hydrogen-bond donors (Lipinski definition) is 0. The molecule has 0 radical (unpaired) electrons. The van der Waals surface area contributed by atoms with Gasteiger partial charge in [-0.3, -0.25) is 9.69 Å². The Bertz CT molecular complexity index is 917. The lowest BCUT2D eigenvalue weighted by Crippen LogP contribution is -2.49. The minimum Gasteiger partial charge on any atom is -0.467 e. The molecule has 2 fully saturated rings. The van der Waals surface area contributed by atoms with Gasteiger partial charge in [-0.2, -0.15) is 0 Å². The molecule has 1 aromatic heterocycles. The number of aromatic nitrogens is 1. The molecule has 8 heteroatoms. The molecule has 0 aliphatic carbocycles. The van der Waals surface area contributed by atoms with E-state index in [1.807, 2.05) is 34.6 Å². The van der Waals surface area contributed by atoms with Crippen LogP contribution < -0.4 is 14.2 Å². The van der Waals surface area contributed by atoms with Crippen LogP contribution in [0, 0.1) is 0 Å². The summed E-state index contributed by atoms with van der Waals surface area (Å²) in [5, 5.41) is 2.73. The number of likely N-dealkylation sites (tertiary alicyclic amines) is 2. The molecule has 3 aliphatic heterocycles. The van der Waals surface area contributed by atoms with Crippen molar-refractivity contribution < 1.29 is 19.0 Å². The molecule has 0 N–H and O–H groups in total. The summed E-state index contributed by atoms with van der Waals surface area (Å²) in [5.74, 6) is 1.56. The maximum absolute atomic E-state index is 12.6. The van der Waals surface area contributed by atoms with Crippen molar-refractivity contribution in [3.63, 3.8) is 0 Å². The van der Waals surface area contributed by atoms with Crippen LogP contribution in [-0.4, -0.2) is 65.8 Å². The Morgan fingerprint density at radius 1 is 1.10 bits per heavy atom. The number of nitrogens with zero attached hydrogens (tertiary/aromatic N) is 3. The molecule has 0 spiro atoms. The number of piperidine rings is 2. The molecule has 31 heavy (non-hydrogen) atoms. The summed E-state index contributed by atoms with van der Waals surface area (Å²) in [5.41, 5.74) is 0.940. The van der Waals surface area contributed by atoms with Gasteiger partial charge >= 0.3 is 0 Å². The standard InChI is InChI=1S/C23H27N3O4S/c27-22(4-2-17-1-3-20-21(15-17)29-16-28-20)26-10-5-18(6-11-26)25-12-7-19(8-13-25)30-23-24-9-14-31-23/h1-4,9,14-15,18-19H,5-8,10-13,16H2. The van der Waals surface area contributed by atoms with Gasteiger partial charge in [0.1, 0.15) is 6.10 Å². The average molecular weight is 442 g/mol. The number of ether oxygens (including phenoxy) is 3. The molecule has 0 bridgehead atoms. The van der Waals surface area contributed by atoms with Crippen molar-refractivity contribution >= 4 is 23.3 Å². The smallest absolute Gasteiger partial charge is 0.273 e. The summed E-state index contributed by atoms with van der Waals surface area (Å²) in [6, 6.07) is 6.28. The van der Waals surface area contributed by atoms with Gasteiger partial charge in [0.2, 0.25) is 12.7 Å². The topological polar surface area (TPSA) is 64.1 Å². The summed E-state index contributed by atoms with van der Waals surface area (Å²) in [6.07, 6.45) is 9.71. The van der Waals surface area contributed by atoms with Crippen molar-refractivity contribution in [3.8, 4) is 16.7 Å². The van der Waals surface area contributed by atoms with Gasteiger partial charge in [0.05, 0.1) is 0 Å². The predicted molar refractivity (Wildman–Crippen MR) is 119 cm³/mol. The van der Waals surface area contributed by atoms with E-state index >= 15 is 0 Å². The minimum absolute atomic E-state index is 0.0756. The Balaban J connectivity index is 1.07. The van der Waals surface area contributed by atoms with Gasteiger partial charge in [0, 0.05) is 49.9 Å². The highest BCUT2D eigenvalue weighted by atomic mass is 32.1. The SMILES string of the molecule is O=C(C=Cc1ccc2c(c1)OCO2)N1CCC(N2CCC(Oc3nccs3)CC2)CC1. The molecular formula is C23H27N3O4S. The first-order chi connectivity index (χ1) is 15.2. The van der Waals surface area contributed by atoms with Gasteiger partial charge in [-0.15, -0.1) is 0 Å². The predicted octanol–water partition coefficient (Wildman–Crippen LogP) is 3.42. The van der Waals surface area contributed by atoms with E-state index in [1.54, 1.807) is 23.6 Å². The first-order valence-electron chi connectivity index (χ1n) is 10.9. The highest BCUT2D eigenvalue weighted by Gasteiger charge is 2.30. The largest absolute Gasteiger partial charge is 0.467 e. The third-order valence-corrected chi connectivity index (χ3v) is 6.92. The average Bonchev–Trinajstić information content (AvgIpc) is 3.50. The number of benzene rings is 1. The van der Waals surface area contributed by atoms with Gasteiger partial charge in [-0.25, -0.2) is 4.98 Å². The third-order valence-electron chi connectivity index (χ3n) is 6.26. The van der Waals surface area contributed by atoms with E-state index in [1.165, 1.54) is 0 Å². The molecule has 1 aromatic carbocycles. The summed E-state index contributed by atoms with van der Waals surface area (Å²) < 4.78 is 16.7. The van der Waals surface area contributed by atoms with Crippen LogP contribution in [0.3, 0.4) is 0 Å². The summed E-state index contributed by atoms with van der Waals surface area (Å²) in [4.78, 5) is 21.4. The number of amides is 1. The molecule has 2 saturated heterocycles. The van der Waals surface area contributed by atoms with Crippen LogP contribution in [0.1, 0.15) is 31.2 Å². The zero-order valence-corrected chi connectivity index (χ0v) is 18.3. The second kappa shape index (κ2) is 9.28. The van der Waals surface area contributed by atoms with Crippen LogP contribution >= 0.6 is 11.3 Å². The quantitative estimate of drug-likeness (QED) is 0.663. The van der Waals surface area contributed by atoms with Crippen molar-refractivity contribution in [2.24, 2.45) is 0 Å². The lowest BCUT2D eigenvalue weighted by atomic mass is 9.99. The number of carbonyl (C=O) groups is 1. The third kappa shape index (κ3) is 4.85. The van der Waals surface area contributed by atoms with Crippen LogP contribution in [0.25, 0.3) is 6.08 Å². The second-order valence-corrected chi connectivity index (χ2v) is 9.01. The number of carbonyl (C=O) groups excluding carboxylic acids is 1. The molecule has 5 rings (SSSR count). The number of hydrogen-bond acceptors (Lipinski definition) is 7. The van der Waals surface area contributed by atoms with Crippen LogP contribution in [0.5, 0.6) is 16.7 Å². The molecule has 164 valence electrons. The highest BCUT2D eigenvalue weighted by molar-refractivity contribution is 7.11. The Morgan fingerprint density at radius 2 is 1.90 bits per heavy atom. The Morgan fingerprint density at radius 3 is 2.68 bits per heavy atom. The monoisotopic (exact) mass is 441 g/mol. The normalized spacial score (nSPS) is 20.5. The molecule has 2 aromatic rings. The fourth-order valence-electron chi connectivity index (χ4n) is 4.51. The Labute approximate surface area is 186 Å². The molecule has 0 atom stereocenters. The maximum Gasteiger partial charge on any atom is 0.273 e. The zero-order chi connectivity index (χ0) is 21.0. The first-order valence-corrected chi connectivity index (χ1v) is 11.8. The van der Waals surface area contributed by atoms with Gasteiger partial charge in [0.15, 0.2) is 11.5 Å². The van der Waals surface area contributed by atoms with Gasteiger partial charge in [-0.1, -0.05) is 17.4 Å². The Kier molecular flexibility index (Phi) is 6.08. The van der Waals surface area contributed by atoms with Crippen molar-refractivity contribution in [2.75, 3.05) is 33.0 Å². The lowest BCUT2D eigenvalue weighted by Gasteiger charge is -2.41. The number of rotatable bonds is 5. The molecule has 7 nitrogen and oxygen atoms in total. The molecule has 0 saturated carbocycles. The van der Waals surface area contributed by atoms with Gasteiger partial charge in [-0.05, 0) is 49.5 Å². The van der Waals surface area contributed by atoms with E-state index in [9.17, 15) is 4.79 Å². The molecular weight excluding hydrogens is 414 g/mol. The second-order valence-electron chi connectivity index (χ2n) is 8.15. The van der Waals surface area contributed by atoms with E-state index in [2.05, 4.69) is 9.88 Å². The maximum atomic E-state index is 12.6. The first kappa shape index (κ1) is 20.3. The lowest BCUT2D eigenvalue weighted by molar-refractivity contribution is -0.127. The summed E-state index contributed by atoms with van der Waals surface area (Å²) in [6.45, 7) is 3.99. The molecule has 1 amide bonds. The van der Waals surface area contributed by atoms with E-state index in [0.29, 0.717) is 6.04 Å². The van der Waals surface area contributed by atoms with Crippen molar-refractivity contribution in [1.29, 1.82) is 0 Å².